The number of aliphatic hydroxyl groups is 3. The van der Waals surface area contributed by atoms with Crippen LogP contribution in [-0.4, -0.2) is 33.1 Å². The number of hydrogen-bond donors (Lipinski definition) is 3. The first kappa shape index (κ1) is 24.0. The predicted molar refractivity (Wildman–Crippen MR) is 124 cm³/mol. The summed E-state index contributed by atoms with van der Waals surface area (Å²) >= 11 is 0. The van der Waals surface area contributed by atoms with Gasteiger partial charge in [-0.25, -0.2) is 0 Å². The minimum atomic E-state index is -1.06. The minimum Gasteiger partial charge on any atom is -0.393 e. The van der Waals surface area contributed by atoms with Crippen LogP contribution in [0.3, 0.4) is 0 Å². The van der Waals surface area contributed by atoms with Gasteiger partial charge in [-0.1, -0.05) is 59.1 Å². The Morgan fingerprint density at radius 2 is 1.87 bits per heavy atom. The third kappa shape index (κ3) is 4.74. The fraction of sp³-hybridized carbons (Fsp3) is 0.852. The van der Waals surface area contributed by atoms with E-state index in [4.69, 9.17) is 0 Å². The molecule has 0 saturated heterocycles. The van der Waals surface area contributed by atoms with E-state index in [0.29, 0.717) is 24.7 Å². The number of hydrogen-bond acceptors (Lipinski definition) is 3. The van der Waals surface area contributed by atoms with E-state index in [1.54, 1.807) is 0 Å². The Balaban J connectivity index is 1.75. The molecule has 3 heteroatoms. The molecule has 0 amide bonds. The van der Waals surface area contributed by atoms with Crippen LogP contribution < -0.4 is 0 Å². The molecule has 3 saturated carbocycles. The fourth-order valence-corrected chi connectivity index (χ4v) is 7.23. The van der Waals surface area contributed by atoms with Gasteiger partial charge in [0.1, 0.15) is 6.10 Å². The van der Waals surface area contributed by atoms with E-state index in [1.807, 2.05) is 6.08 Å². The molecule has 3 rings (SSSR count). The molecule has 0 aromatic heterocycles. The number of fused-ring (bicyclic) bond motifs is 1. The fourth-order valence-electron chi connectivity index (χ4n) is 7.23. The smallest absolute Gasteiger partial charge is 0.102 e. The third-order valence-electron chi connectivity index (χ3n) is 8.99. The van der Waals surface area contributed by atoms with Gasteiger partial charge in [-0.05, 0) is 92.1 Å². The molecule has 30 heavy (non-hydrogen) atoms. The second-order valence-electron chi connectivity index (χ2n) is 11.5. The van der Waals surface area contributed by atoms with Crippen LogP contribution in [0.25, 0.3) is 0 Å². The first-order chi connectivity index (χ1) is 14.1. The van der Waals surface area contributed by atoms with Gasteiger partial charge in [-0.2, -0.15) is 0 Å². The van der Waals surface area contributed by atoms with Crippen molar-refractivity contribution in [2.45, 2.75) is 116 Å². The predicted octanol–water partition coefficient (Wildman–Crippen LogP) is 5.78. The van der Waals surface area contributed by atoms with E-state index < -0.39 is 11.7 Å². The summed E-state index contributed by atoms with van der Waals surface area (Å²) in [7, 11) is 0. The highest BCUT2D eigenvalue weighted by molar-refractivity contribution is 5.33. The molecule has 0 bridgehead atoms. The number of allylic oxidation sites excluding steroid dienone is 1. The van der Waals surface area contributed by atoms with Crippen LogP contribution in [0.5, 0.6) is 0 Å². The molecule has 3 fully saturated rings. The quantitative estimate of drug-likeness (QED) is 0.491. The maximum Gasteiger partial charge on any atom is 0.102 e. The second-order valence-corrected chi connectivity index (χ2v) is 11.5. The lowest BCUT2D eigenvalue weighted by Gasteiger charge is -2.52. The Labute approximate surface area is 184 Å². The average Bonchev–Trinajstić information content (AvgIpc) is 3.03. The molecule has 0 radical (unpaired) electrons. The number of rotatable bonds is 7. The molecule has 3 aliphatic carbocycles. The van der Waals surface area contributed by atoms with Crippen LogP contribution in [0.4, 0.5) is 0 Å². The van der Waals surface area contributed by atoms with Gasteiger partial charge in [0.25, 0.3) is 0 Å². The molecule has 3 N–H and O–H groups in total. The molecule has 3 nitrogen and oxygen atoms in total. The van der Waals surface area contributed by atoms with E-state index in [-0.39, 0.29) is 17.4 Å². The van der Waals surface area contributed by atoms with E-state index >= 15 is 0 Å². The lowest BCUT2D eigenvalue weighted by molar-refractivity contribution is -0.157. The van der Waals surface area contributed by atoms with Gasteiger partial charge in [0.15, 0.2) is 0 Å². The van der Waals surface area contributed by atoms with Crippen molar-refractivity contribution in [3.63, 3.8) is 0 Å². The van der Waals surface area contributed by atoms with Crippen molar-refractivity contribution in [3.05, 3.63) is 23.8 Å². The maximum absolute atomic E-state index is 11.8. The van der Waals surface area contributed by atoms with Crippen molar-refractivity contribution in [2.24, 2.45) is 29.1 Å². The molecule has 0 spiro atoms. The summed E-state index contributed by atoms with van der Waals surface area (Å²) in [6.07, 6.45) is 11.5. The van der Waals surface area contributed by atoms with Gasteiger partial charge in [-0.3, -0.25) is 0 Å². The SMILES string of the molecule is C=C1CC[C@H](O)C/C1=C/C(O)C1(O)CCC[C@]2(C)[C@@H]([C@H](C)CCCC(C)C)CC[C@@H]12. The Morgan fingerprint density at radius 1 is 1.13 bits per heavy atom. The van der Waals surface area contributed by atoms with E-state index in [1.165, 1.54) is 25.7 Å². The molecule has 0 aromatic rings. The van der Waals surface area contributed by atoms with E-state index in [9.17, 15) is 15.3 Å². The highest BCUT2D eigenvalue weighted by atomic mass is 16.3. The first-order valence-electron chi connectivity index (χ1n) is 12.5. The van der Waals surface area contributed by atoms with Crippen LogP contribution in [0.15, 0.2) is 23.8 Å². The van der Waals surface area contributed by atoms with Crippen LogP contribution in [-0.2, 0) is 0 Å². The molecule has 3 aliphatic rings. The van der Waals surface area contributed by atoms with Crippen molar-refractivity contribution in [1.82, 2.24) is 0 Å². The monoisotopic (exact) mass is 418 g/mol. The van der Waals surface area contributed by atoms with Gasteiger partial charge < -0.3 is 15.3 Å². The average molecular weight is 419 g/mol. The van der Waals surface area contributed by atoms with Crippen LogP contribution in [0.2, 0.25) is 0 Å². The summed E-state index contributed by atoms with van der Waals surface area (Å²) in [6, 6.07) is 0. The zero-order chi connectivity index (χ0) is 22.1. The molecule has 0 heterocycles. The zero-order valence-electron chi connectivity index (χ0n) is 19.9. The largest absolute Gasteiger partial charge is 0.393 e. The lowest BCUT2D eigenvalue weighted by atomic mass is 9.56. The molecular weight excluding hydrogens is 372 g/mol. The third-order valence-corrected chi connectivity index (χ3v) is 8.99. The Bertz CT molecular complexity index is 638. The summed E-state index contributed by atoms with van der Waals surface area (Å²) in [6.45, 7) is 13.5. The molecular formula is C27H46O3. The van der Waals surface area contributed by atoms with Crippen LogP contribution >= 0.6 is 0 Å². The van der Waals surface area contributed by atoms with Gasteiger partial charge >= 0.3 is 0 Å². The molecule has 0 aromatic carbocycles. The van der Waals surface area contributed by atoms with Gasteiger partial charge in [-0.15, -0.1) is 0 Å². The Morgan fingerprint density at radius 3 is 2.57 bits per heavy atom. The summed E-state index contributed by atoms with van der Waals surface area (Å²) in [5.74, 6) is 2.21. The summed E-state index contributed by atoms with van der Waals surface area (Å²) in [5.41, 5.74) is 0.991. The molecule has 2 unspecified atom stereocenters. The topological polar surface area (TPSA) is 60.7 Å². The Kier molecular flexibility index (Phi) is 7.58. The van der Waals surface area contributed by atoms with Gasteiger partial charge in [0, 0.05) is 0 Å². The highest BCUT2D eigenvalue weighted by Gasteiger charge is 2.59. The standard InChI is InChI=1S/C27H46O3/c1-18(2)8-6-9-20(4)23-12-13-24-26(23,5)14-7-15-27(24,30)25(29)17-21-16-22(28)11-10-19(21)3/h17-18,20,22-25,28-30H,3,6-16H2,1-2,4-5H3/b21-17-/t20-,22+,23-,24-,25?,26-,27?/m1/s1. The van der Waals surface area contributed by atoms with Crippen molar-refractivity contribution in [1.29, 1.82) is 0 Å². The lowest BCUT2D eigenvalue weighted by Crippen LogP contribution is -2.56. The number of aliphatic hydroxyl groups excluding tert-OH is 2. The molecule has 0 aliphatic heterocycles. The van der Waals surface area contributed by atoms with E-state index in [2.05, 4.69) is 34.3 Å². The van der Waals surface area contributed by atoms with Gasteiger partial charge in [0.05, 0.1) is 11.7 Å². The van der Waals surface area contributed by atoms with Crippen molar-refractivity contribution < 1.29 is 15.3 Å². The van der Waals surface area contributed by atoms with Crippen molar-refractivity contribution >= 4 is 0 Å². The van der Waals surface area contributed by atoms with Crippen LogP contribution in [0, 0.1) is 29.1 Å². The summed E-state index contributed by atoms with van der Waals surface area (Å²) in [4.78, 5) is 0. The minimum absolute atomic E-state index is 0.104. The Hall–Kier alpha value is -0.640. The normalized spacial score (nSPS) is 40.6. The van der Waals surface area contributed by atoms with E-state index in [0.717, 1.165) is 49.2 Å². The van der Waals surface area contributed by atoms with Crippen LogP contribution in [0.1, 0.15) is 98.3 Å². The molecule has 7 atom stereocenters. The molecule has 172 valence electrons. The maximum atomic E-state index is 11.8. The highest BCUT2D eigenvalue weighted by Crippen LogP contribution is 2.62. The van der Waals surface area contributed by atoms with Crippen molar-refractivity contribution in [2.75, 3.05) is 0 Å². The van der Waals surface area contributed by atoms with Crippen molar-refractivity contribution in [3.8, 4) is 0 Å². The summed E-state index contributed by atoms with van der Waals surface area (Å²) in [5, 5.41) is 33.1. The van der Waals surface area contributed by atoms with Gasteiger partial charge in [0.2, 0.25) is 0 Å². The first-order valence-corrected chi connectivity index (χ1v) is 12.5. The zero-order valence-corrected chi connectivity index (χ0v) is 19.9. The second kappa shape index (κ2) is 9.46. The summed E-state index contributed by atoms with van der Waals surface area (Å²) < 4.78 is 0.